The SMILES string of the molecule is CS(=O)(=O)CC[C@@H](NC(=O)c1ccc(Cl)cc1)C(=O)N1CCN(C(=O)C2CC2)CC1. The lowest BCUT2D eigenvalue weighted by atomic mass is 10.1. The largest absolute Gasteiger partial charge is 0.340 e. The molecule has 0 radical (unpaired) electrons. The minimum absolute atomic E-state index is 0.0157. The summed E-state index contributed by atoms with van der Waals surface area (Å²) < 4.78 is 23.2. The summed E-state index contributed by atoms with van der Waals surface area (Å²) in [6, 6.07) is 5.25. The van der Waals surface area contributed by atoms with Crippen molar-refractivity contribution in [2.75, 3.05) is 38.2 Å². The zero-order valence-corrected chi connectivity index (χ0v) is 18.4. The average molecular weight is 456 g/mol. The number of hydrogen-bond acceptors (Lipinski definition) is 5. The van der Waals surface area contributed by atoms with Gasteiger partial charge in [-0.1, -0.05) is 11.6 Å². The maximum atomic E-state index is 13.1. The van der Waals surface area contributed by atoms with Gasteiger partial charge in [0, 0.05) is 48.9 Å². The van der Waals surface area contributed by atoms with E-state index in [1.807, 2.05) is 0 Å². The lowest BCUT2D eigenvalue weighted by Gasteiger charge is -2.36. The topological polar surface area (TPSA) is 104 Å². The van der Waals surface area contributed by atoms with Gasteiger partial charge in [0.2, 0.25) is 11.8 Å². The molecule has 1 N–H and O–H groups in total. The molecule has 1 saturated heterocycles. The summed E-state index contributed by atoms with van der Waals surface area (Å²) in [6.07, 6.45) is 2.95. The minimum atomic E-state index is -3.30. The van der Waals surface area contributed by atoms with Gasteiger partial charge in [-0.05, 0) is 43.5 Å². The maximum Gasteiger partial charge on any atom is 0.251 e. The molecular weight excluding hydrogens is 430 g/mol. The normalized spacial score (nSPS) is 18.1. The van der Waals surface area contributed by atoms with Crippen LogP contribution in [-0.4, -0.2) is 80.2 Å². The molecule has 0 bridgehead atoms. The third-order valence-corrected chi connectivity index (χ3v) is 6.55. The first-order chi connectivity index (χ1) is 14.1. The Morgan fingerprint density at radius 3 is 2.17 bits per heavy atom. The zero-order chi connectivity index (χ0) is 21.9. The summed E-state index contributed by atoms with van der Waals surface area (Å²) >= 11 is 5.84. The highest BCUT2D eigenvalue weighted by atomic mass is 35.5. The third kappa shape index (κ3) is 6.18. The number of rotatable bonds is 7. The van der Waals surface area contributed by atoms with Gasteiger partial charge in [-0.2, -0.15) is 0 Å². The first-order valence-electron chi connectivity index (χ1n) is 9.96. The molecule has 2 aliphatic rings. The summed E-state index contributed by atoms with van der Waals surface area (Å²) in [6.45, 7) is 1.63. The van der Waals surface area contributed by atoms with Crippen molar-refractivity contribution in [3.8, 4) is 0 Å². The first-order valence-corrected chi connectivity index (χ1v) is 12.4. The van der Waals surface area contributed by atoms with Crippen molar-refractivity contribution in [2.24, 2.45) is 5.92 Å². The molecule has 1 aromatic rings. The van der Waals surface area contributed by atoms with Gasteiger partial charge >= 0.3 is 0 Å². The van der Waals surface area contributed by atoms with Gasteiger partial charge in [-0.25, -0.2) is 8.42 Å². The van der Waals surface area contributed by atoms with E-state index in [9.17, 15) is 22.8 Å². The van der Waals surface area contributed by atoms with E-state index in [-0.39, 0.29) is 29.9 Å². The van der Waals surface area contributed by atoms with Crippen molar-refractivity contribution < 1.29 is 22.8 Å². The number of sulfone groups is 1. The second kappa shape index (κ2) is 9.34. The van der Waals surface area contributed by atoms with Crippen LogP contribution in [0.3, 0.4) is 0 Å². The molecule has 10 heteroatoms. The fourth-order valence-corrected chi connectivity index (χ4v) is 4.18. The Hall–Kier alpha value is -2.13. The zero-order valence-electron chi connectivity index (χ0n) is 16.8. The van der Waals surface area contributed by atoms with E-state index in [1.54, 1.807) is 21.9 Å². The van der Waals surface area contributed by atoms with Crippen LogP contribution in [0.15, 0.2) is 24.3 Å². The smallest absolute Gasteiger partial charge is 0.251 e. The standard InChI is InChI=1S/C20H26ClN3O5S/c1-30(28,29)13-8-17(22-18(25)14-4-6-16(21)7-5-14)20(27)24-11-9-23(10-12-24)19(26)15-2-3-15/h4-7,15,17H,2-3,8-13H2,1H3,(H,22,25)/t17-/m1/s1. The molecular formula is C20H26ClN3O5S. The minimum Gasteiger partial charge on any atom is -0.340 e. The molecule has 8 nitrogen and oxygen atoms in total. The number of hydrogen-bond donors (Lipinski definition) is 1. The number of carbonyl (C=O) groups is 3. The number of carbonyl (C=O) groups excluding carboxylic acids is 3. The Balaban J connectivity index is 1.64. The summed E-state index contributed by atoms with van der Waals surface area (Å²) in [5, 5.41) is 3.15. The van der Waals surface area contributed by atoms with Crippen LogP contribution >= 0.6 is 11.6 Å². The van der Waals surface area contributed by atoms with Crippen molar-refractivity contribution in [3.63, 3.8) is 0 Å². The van der Waals surface area contributed by atoms with Gasteiger partial charge in [-0.15, -0.1) is 0 Å². The second-order valence-corrected chi connectivity index (χ2v) is 10.6. The molecule has 1 heterocycles. The highest BCUT2D eigenvalue weighted by Crippen LogP contribution is 2.31. The highest BCUT2D eigenvalue weighted by Gasteiger charge is 2.36. The van der Waals surface area contributed by atoms with Gasteiger partial charge in [0.05, 0.1) is 5.75 Å². The van der Waals surface area contributed by atoms with Gasteiger partial charge in [0.25, 0.3) is 5.91 Å². The number of halogens is 1. The Morgan fingerprint density at radius 2 is 1.63 bits per heavy atom. The highest BCUT2D eigenvalue weighted by molar-refractivity contribution is 7.90. The van der Waals surface area contributed by atoms with E-state index in [0.717, 1.165) is 19.1 Å². The van der Waals surface area contributed by atoms with Crippen molar-refractivity contribution in [2.45, 2.75) is 25.3 Å². The summed E-state index contributed by atoms with van der Waals surface area (Å²) in [7, 11) is -3.30. The maximum absolute atomic E-state index is 13.1. The molecule has 1 aliphatic heterocycles. The van der Waals surface area contributed by atoms with E-state index < -0.39 is 21.8 Å². The van der Waals surface area contributed by atoms with Crippen LogP contribution in [0.4, 0.5) is 0 Å². The molecule has 1 saturated carbocycles. The molecule has 1 aliphatic carbocycles. The predicted octanol–water partition coefficient (Wildman–Crippen LogP) is 0.954. The molecule has 0 aromatic heterocycles. The molecule has 1 atom stereocenters. The molecule has 164 valence electrons. The molecule has 3 amide bonds. The van der Waals surface area contributed by atoms with Gasteiger partial charge < -0.3 is 15.1 Å². The first kappa shape index (κ1) is 22.6. The lowest BCUT2D eigenvalue weighted by molar-refractivity contribution is -0.141. The van der Waals surface area contributed by atoms with E-state index in [4.69, 9.17) is 11.6 Å². The molecule has 30 heavy (non-hydrogen) atoms. The number of nitrogens with zero attached hydrogens (tertiary/aromatic N) is 2. The van der Waals surface area contributed by atoms with E-state index in [1.165, 1.54) is 12.1 Å². The van der Waals surface area contributed by atoms with E-state index in [2.05, 4.69) is 5.32 Å². The second-order valence-electron chi connectivity index (χ2n) is 7.88. The lowest BCUT2D eigenvalue weighted by Crippen LogP contribution is -2.56. The Bertz CT molecular complexity index is 907. The third-order valence-electron chi connectivity index (χ3n) is 5.32. The number of nitrogens with one attached hydrogen (secondary N) is 1. The van der Waals surface area contributed by atoms with Crippen LogP contribution in [0.5, 0.6) is 0 Å². The molecule has 0 spiro atoms. The van der Waals surface area contributed by atoms with Crippen LogP contribution < -0.4 is 5.32 Å². The molecule has 0 unspecified atom stereocenters. The monoisotopic (exact) mass is 455 g/mol. The Labute approximate surface area is 181 Å². The fraction of sp³-hybridized carbons (Fsp3) is 0.550. The van der Waals surface area contributed by atoms with Crippen LogP contribution in [0, 0.1) is 5.92 Å². The summed E-state index contributed by atoms with van der Waals surface area (Å²) in [5.41, 5.74) is 0.330. The Kier molecular flexibility index (Phi) is 7.02. The molecule has 2 fully saturated rings. The predicted molar refractivity (Wildman–Crippen MR) is 113 cm³/mol. The van der Waals surface area contributed by atoms with Crippen LogP contribution in [0.25, 0.3) is 0 Å². The van der Waals surface area contributed by atoms with E-state index >= 15 is 0 Å². The molecule has 1 aromatic carbocycles. The van der Waals surface area contributed by atoms with E-state index in [0.29, 0.717) is 36.8 Å². The van der Waals surface area contributed by atoms with Gasteiger partial charge in [0.15, 0.2) is 0 Å². The fourth-order valence-electron chi connectivity index (χ4n) is 3.39. The Morgan fingerprint density at radius 1 is 1.07 bits per heavy atom. The quantitative estimate of drug-likeness (QED) is 0.659. The number of benzene rings is 1. The van der Waals surface area contributed by atoms with Gasteiger partial charge in [-0.3, -0.25) is 14.4 Å². The average Bonchev–Trinajstić information content (AvgIpc) is 3.55. The number of piperazine rings is 1. The van der Waals surface area contributed by atoms with Crippen molar-refractivity contribution in [1.29, 1.82) is 0 Å². The summed E-state index contributed by atoms with van der Waals surface area (Å²) in [5.74, 6) is -0.745. The van der Waals surface area contributed by atoms with Crippen LogP contribution in [0.2, 0.25) is 5.02 Å². The van der Waals surface area contributed by atoms with Crippen LogP contribution in [-0.2, 0) is 19.4 Å². The molecule has 3 rings (SSSR count). The van der Waals surface area contributed by atoms with Crippen molar-refractivity contribution >= 4 is 39.2 Å². The van der Waals surface area contributed by atoms with Gasteiger partial charge in [0.1, 0.15) is 15.9 Å². The van der Waals surface area contributed by atoms with Crippen molar-refractivity contribution in [1.82, 2.24) is 15.1 Å². The van der Waals surface area contributed by atoms with Crippen molar-refractivity contribution in [3.05, 3.63) is 34.9 Å². The number of amides is 3. The summed E-state index contributed by atoms with van der Waals surface area (Å²) in [4.78, 5) is 41.2. The van der Waals surface area contributed by atoms with Crippen LogP contribution in [0.1, 0.15) is 29.6 Å².